The highest BCUT2D eigenvalue weighted by molar-refractivity contribution is 4.73. The molecule has 0 saturated carbocycles. The quantitative estimate of drug-likeness (QED) is 0.516. The molecule has 0 aromatic rings. The first kappa shape index (κ1) is 17.0. The van der Waals surface area contributed by atoms with Crippen molar-refractivity contribution < 1.29 is 0 Å². The number of rotatable bonds is 12. The molecule has 1 heterocycles. The van der Waals surface area contributed by atoms with Gasteiger partial charge in [-0.2, -0.15) is 0 Å². The lowest BCUT2D eigenvalue weighted by molar-refractivity contribution is 0.496. The minimum atomic E-state index is 0.398. The van der Waals surface area contributed by atoms with Gasteiger partial charge in [0, 0.05) is 12.1 Å². The molecular formula is C17H36N2. The van der Waals surface area contributed by atoms with Gasteiger partial charge in [0.1, 0.15) is 0 Å². The van der Waals surface area contributed by atoms with Gasteiger partial charge in [-0.05, 0) is 39.2 Å². The lowest BCUT2D eigenvalue weighted by Gasteiger charge is -2.09. The Morgan fingerprint density at radius 1 is 0.947 bits per heavy atom. The standard InChI is InChI=1S/C17H36N2/c1-16(18)12-9-7-5-3-2-4-6-8-10-13-17-14-11-15-19-17/h16-17,19H,2-15,18H2,1H3/t16-,17-/m0/s1. The van der Waals surface area contributed by atoms with Crippen LogP contribution in [0.25, 0.3) is 0 Å². The molecule has 1 aliphatic rings. The number of unbranched alkanes of at least 4 members (excludes halogenated alkanes) is 8. The van der Waals surface area contributed by atoms with Gasteiger partial charge in [0.25, 0.3) is 0 Å². The van der Waals surface area contributed by atoms with Gasteiger partial charge in [-0.1, -0.05) is 57.8 Å². The molecule has 19 heavy (non-hydrogen) atoms. The van der Waals surface area contributed by atoms with Crippen molar-refractivity contribution in [1.82, 2.24) is 5.32 Å². The van der Waals surface area contributed by atoms with Gasteiger partial charge < -0.3 is 11.1 Å². The van der Waals surface area contributed by atoms with E-state index in [0.29, 0.717) is 6.04 Å². The fourth-order valence-corrected chi connectivity index (χ4v) is 3.10. The van der Waals surface area contributed by atoms with E-state index in [1.165, 1.54) is 90.0 Å². The molecule has 1 fully saturated rings. The van der Waals surface area contributed by atoms with Gasteiger partial charge in [-0.3, -0.25) is 0 Å². The molecule has 3 N–H and O–H groups in total. The van der Waals surface area contributed by atoms with Crippen molar-refractivity contribution in [2.45, 2.75) is 102 Å². The van der Waals surface area contributed by atoms with Crippen LogP contribution in [0.3, 0.4) is 0 Å². The van der Waals surface area contributed by atoms with Gasteiger partial charge in [0.15, 0.2) is 0 Å². The number of hydrogen-bond acceptors (Lipinski definition) is 2. The van der Waals surface area contributed by atoms with Crippen LogP contribution < -0.4 is 11.1 Å². The van der Waals surface area contributed by atoms with Gasteiger partial charge in [-0.25, -0.2) is 0 Å². The molecule has 2 heteroatoms. The van der Waals surface area contributed by atoms with Gasteiger partial charge in [0.2, 0.25) is 0 Å². The van der Waals surface area contributed by atoms with Crippen LogP contribution >= 0.6 is 0 Å². The molecule has 0 aromatic heterocycles. The first-order valence-electron chi connectivity index (χ1n) is 8.78. The third kappa shape index (κ3) is 10.4. The number of hydrogen-bond donors (Lipinski definition) is 2. The Morgan fingerprint density at radius 3 is 2.05 bits per heavy atom. The zero-order valence-electron chi connectivity index (χ0n) is 13.1. The van der Waals surface area contributed by atoms with Crippen molar-refractivity contribution in [2.75, 3.05) is 6.54 Å². The molecule has 1 rings (SSSR count). The lowest BCUT2D eigenvalue weighted by Crippen LogP contribution is -2.20. The first-order valence-corrected chi connectivity index (χ1v) is 8.78. The van der Waals surface area contributed by atoms with Crippen LogP contribution in [0.4, 0.5) is 0 Å². The Hall–Kier alpha value is -0.0800. The van der Waals surface area contributed by atoms with Crippen LogP contribution in [0, 0.1) is 0 Å². The highest BCUT2D eigenvalue weighted by Crippen LogP contribution is 2.15. The average Bonchev–Trinajstić information content (AvgIpc) is 2.88. The Morgan fingerprint density at radius 2 is 1.53 bits per heavy atom. The van der Waals surface area contributed by atoms with E-state index in [9.17, 15) is 0 Å². The van der Waals surface area contributed by atoms with Gasteiger partial charge in [0.05, 0.1) is 0 Å². The summed E-state index contributed by atoms with van der Waals surface area (Å²) >= 11 is 0. The molecule has 0 unspecified atom stereocenters. The van der Waals surface area contributed by atoms with E-state index < -0.39 is 0 Å². The summed E-state index contributed by atoms with van der Waals surface area (Å²) in [6, 6.07) is 1.25. The van der Waals surface area contributed by atoms with Crippen molar-refractivity contribution in [3.8, 4) is 0 Å². The van der Waals surface area contributed by atoms with E-state index >= 15 is 0 Å². The summed E-state index contributed by atoms with van der Waals surface area (Å²) < 4.78 is 0. The molecule has 0 aliphatic carbocycles. The van der Waals surface area contributed by atoms with Crippen LogP contribution in [0.1, 0.15) is 90.4 Å². The molecule has 2 nitrogen and oxygen atoms in total. The lowest BCUT2D eigenvalue weighted by atomic mass is 10.0. The molecule has 2 atom stereocenters. The fraction of sp³-hybridized carbons (Fsp3) is 1.00. The van der Waals surface area contributed by atoms with E-state index in [0.717, 1.165) is 6.04 Å². The topological polar surface area (TPSA) is 38.0 Å². The molecular weight excluding hydrogens is 232 g/mol. The van der Waals surface area contributed by atoms with Crippen molar-refractivity contribution >= 4 is 0 Å². The molecule has 0 radical (unpaired) electrons. The second-order valence-corrected chi connectivity index (χ2v) is 6.53. The largest absolute Gasteiger partial charge is 0.328 e. The zero-order chi connectivity index (χ0) is 13.8. The van der Waals surface area contributed by atoms with Crippen LogP contribution in [0.15, 0.2) is 0 Å². The fourth-order valence-electron chi connectivity index (χ4n) is 3.10. The Labute approximate surface area is 120 Å². The van der Waals surface area contributed by atoms with Crippen molar-refractivity contribution in [1.29, 1.82) is 0 Å². The summed E-state index contributed by atoms with van der Waals surface area (Å²) in [5.41, 5.74) is 5.74. The van der Waals surface area contributed by atoms with Crippen LogP contribution in [0.2, 0.25) is 0 Å². The second-order valence-electron chi connectivity index (χ2n) is 6.53. The zero-order valence-corrected chi connectivity index (χ0v) is 13.1. The van der Waals surface area contributed by atoms with Crippen LogP contribution in [0.5, 0.6) is 0 Å². The SMILES string of the molecule is C[C@H](N)CCCCCCCCCCC[C@H]1CCCN1. The van der Waals surface area contributed by atoms with Crippen molar-refractivity contribution in [2.24, 2.45) is 5.73 Å². The third-order valence-electron chi connectivity index (χ3n) is 4.37. The average molecular weight is 268 g/mol. The molecule has 0 aromatic carbocycles. The van der Waals surface area contributed by atoms with E-state index in [-0.39, 0.29) is 0 Å². The van der Waals surface area contributed by atoms with Gasteiger partial charge >= 0.3 is 0 Å². The van der Waals surface area contributed by atoms with Crippen LogP contribution in [-0.4, -0.2) is 18.6 Å². The number of nitrogens with one attached hydrogen (secondary N) is 1. The minimum absolute atomic E-state index is 0.398. The summed E-state index contributed by atoms with van der Waals surface area (Å²) in [6.45, 7) is 3.37. The predicted molar refractivity (Wildman–Crippen MR) is 85.5 cm³/mol. The molecule has 0 amide bonds. The number of nitrogens with two attached hydrogens (primary N) is 1. The summed E-state index contributed by atoms with van der Waals surface area (Å²) in [5.74, 6) is 0. The first-order chi connectivity index (χ1) is 9.29. The Kier molecular flexibility index (Phi) is 10.5. The molecule has 1 aliphatic heterocycles. The maximum atomic E-state index is 5.74. The normalized spacial score (nSPS) is 20.8. The van der Waals surface area contributed by atoms with Crippen molar-refractivity contribution in [3.05, 3.63) is 0 Å². The summed E-state index contributed by atoms with van der Waals surface area (Å²) in [5, 5.41) is 3.59. The smallest absolute Gasteiger partial charge is 0.00675 e. The molecule has 114 valence electrons. The highest BCUT2D eigenvalue weighted by atomic mass is 14.9. The van der Waals surface area contributed by atoms with Crippen molar-refractivity contribution in [3.63, 3.8) is 0 Å². The molecule has 0 bridgehead atoms. The van der Waals surface area contributed by atoms with E-state index in [2.05, 4.69) is 12.2 Å². The summed E-state index contributed by atoms with van der Waals surface area (Å²) in [7, 11) is 0. The van der Waals surface area contributed by atoms with Gasteiger partial charge in [-0.15, -0.1) is 0 Å². The maximum absolute atomic E-state index is 5.74. The Balaban J connectivity index is 1.69. The second kappa shape index (κ2) is 11.7. The maximum Gasteiger partial charge on any atom is 0.00675 e. The predicted octanol–water partition coefficient (Wildman–Crippen LogP) is 4.38. The van der Waals surface area contributed by atoms with E-state index in [4.69, 9.17) is 5.73 Å². The third-order valence-corrected chi connectivity index (χ3v) is 4.37. The summed E-state index contributed by atoms with van der Waals surface area (Å²) in [6.07, 6.45) is 18.2. The molecule has 0 spiro atoms. The van der Waals surface area contributed by atoms with Crippen LogP contribution in [-0.2, 0) is 0 Å². The minimum Gasteiger partial charge on any atom is -0.328 e. The van der Waals surface area contributed by atoms with E-state index in [1.807, 2.05) is 0 Å². The Bertz CT molecular complexity index is 186. The monoisotopic (exact) mass is 268 g/mol. The highest BCUT2D eigenvalue weighted by Gasteiger charge is 2.12. The summed E-state index contributed by atoms with van der Waals surface area (Å²) in [4.78, 5) is 0. The molecule has 1 saturated heterocycles. The van der Waals surface area contributed by atoms with E-state index in [1.54, 1.807) is 0 Å².